The number of piperazine rings is 1. The van der Waals surface area contributed by atoms with Gasteiger partial charge < -0.3 is 20.3 Å². The van der Waals surface area contributed by atoms with E-state index < -0.39 is 34.8 Å². The summed E-state index contributed by atoms with van der Waals surface area (Å²) in [5.41, 5.74) is 0.128. The SMILES string of the molecule is CO[C@H]1C[C@H]([C@H](NC(=O)N2CCNC(=O)[C@H]2C)c2ccc(F)c(Cl)c2F)C1. The second kappa shape index (κ2) is 7.98. The Bertz CT molecular complexity index is 743. The molecule has 2 N–H and O–H groups in total. The van der Waals surface area contributed by atoms with Crippen molar-refractivity contribution >= 4 is 23.5 Å². The van der Waals surface area contributed by atoms with Gasteiger partial charge in [-0.2, -0.15) is 0 Å². The Labute approximate surface area is 161 Å². The zero-order chi connectivity index (χ0) is 19.7. The van der Waals surface area contributed by atoms with Crippen LogP contribution in [0.2, 0.25) is 5.02 Å². The van der Waals surface area contributed by atoms with Crippen molar-refractivity contribution in [1.82, 2.24) is 15.5 Å². The van der Waals surface area contributed by atoms with Gasteiger partial charge in [-0.3, -0.25) is 4.79 Å². The molecule has 27 heavy (non-hydrogen) atoms. The van der Waals surface area contributed by atoms with Crippen molar-refractivity contribution in [3.63, 3.8) is 0 Å². The predicted molar refractivity (Wildman–Crippen MR) is 95.3 cm³/mol. The summed E-state index contributed by atoms with van der Waals surface area (Å²) < 4.78 is 33.4. The number of methoxy groups -OCH3 is 1. The minimum atomic E-state index is -0.882. The predicted octanol–water partition coefficient (Wildman–Crippen LogP) is 2.61. The van der Waals surface area contributed by atoms with Crippen LogP contribution in [0.3, 0.4) is 0 Å². The molecule has 2 atom stereocenters. The van der Waals surface area contributed by atoms with Crippen LogP contribution in [0, 0.1) is 17.6 Å². The molecule has 0 aromatic heterocycles. The molecule has 1 heterocycles. The lowest BCUT2D eigenvalue weighted by molar-refractivity contribution is -0.127. The lowest BCUT2D eigenvalue weighted by Gasteiger charge is -2.41. The lowest BCUT2D eigenvalue weighted by atomic mass is 9.74. The highest BCUT2D eigenvalue weighted by Crippen LogP contribution is 2.41. The summed E-state index contributed by atoms with van der Waals surface area (Å²) in [5.74, 6) is -2.06. The highest BCUT2D eigenvalue weighted by atomic mass is 35.5. The van der Waals surface area contributed by atoms with E-state index in [2.05, 4.69) is 10.6 Å². The molecular weight excluding hydrogens is 380 g/mol. The number of halogens is 3. The molecule has 1 aromatic rings. The van der Waals surface area contributed by atoms with Gasteiger partial charge in [0.2, 0.25) is 5.91 Å². The Balaban J connectivity index is 1.84. The maximum atomic E-state index is 14.6. The Hall–Kier alpha value is -1.93. The molecule has 2 aliphatic rings. The topological polar surface area (TPSA) is 70.7 Å². The monoisotopic (exact) mass is 401 g/mol. The number of nitrogens with zero attached hydrogens (tertiary/aromatic N) is 1. The van der Waals surface area contributed by atoms with E-state index in [1.807, 2.05) is 0 Å². The van der Waals surface area contributed by atoms with Gasteiger partial charge in [-0.15, -0.1) is 0 Å². The van der Waals surface area contributed by atoms with Crippen LogP contribution >= 0.6 is 11.6 Å². The minimum Gasteiger partial charge on any atom is -0.381 e. The van der Waals surface area contributed by atoms with Crippen LogP contribution in [0.1, 0.15) is 31.4 Å². The molecule has 1 aromatic carbocycles. The summed E-state index contributed by atoms with van der Waals surface area (Å²) in [7, 11) is 1.60. The molecule has 0 unspecified atom stereocenters. The van der Waals surface area contributed by atoms with E-state index in [4.69, 9.17) is 16.3 Å². The first-order valence-corrected chi connectivity index (χ1v) is 9.22. The molecule has 148 valence electrons. The maximum Gasteiger partial charge on any atom is 0.318 e. The zero-order valence-electron chi connectivity index (χ0n) is 15.1. The number of urea groups is 1. The molecule has 1 aliphatic heterocycles. The Morgan fingerprint density at radius 2 is 2.11 bits per heavy atom. The number of amides is 3. The fourth-order valence-electron chi connectivity index (χ4n) is 3.58. The Morgan fingerprint density at radius 1 is 1.41 bits per heavy atom. The van der Waals surface area contributed by atoms with Gasteiger partial charge >= 0.3 is 6.03 Å². The second-order valence-corrected chi connectivity index (χ2v) is 7.32. The number of carbonyl (C=O) groups is 2. The maximum absolute atomic E-state index is 14.6. The van der Waals surface area contributed by atoms with Crippen molar-refractivity contribution in [3.05, 3.63) is 34.4 Å². The first-order chi connectivity index (χ1) is 12.8. The van der Waals surface area contributed by atoms with E-state index in [1.54, 1.807) is 14.0 Å². The third-order valence-electron chi connectivity index (χ3n) is 5.37. The number of carbonyl (C=O) groups excluding carboxylic acids is 2. The van der Waals surface area contributed by atoms with Crippen LogP contribution in [0.15, 0.2) is 12.1 Å². The molecule has 6 nitrogen and oxygen atoms in total. The molecule has 2 fully saturated rings. The van der Waals surface area contributed by atoms with Crippen LogP contribution in [0.5, 0.6) is 0 Å². The molecule has 3 rings (SSSR count). The molecule has 1 saturated carbocycles. The molecule has 1 aliphatic carbocycles. The standard InChI is InChI=1S/C18H22ClF2N3O3/c1-9-17(25)22-5-6-24(9)18(26)23-16(10-7-11(8-10)27-2)12-3-4-13(20)14(19)15(12)21/h3-4,9-11,16H,5-8H2,1-2H3,(H,22,25)(H,23,26)/t9-,10-,11-,16+/m1/s1. The molecule has 0 bridgehead atoms. The molecule has 3 amide bonds. The molecule has 0 spiro atoms. The van der Waals surface area contributed by atoms with Gasteiger partial charge in [0.15, 0.2) is 0 Å². The van der Waals surface area contributed by atoms with Crippen molar-refractivity contribution in [1.29, 1.82) is 0 Å². The molecule has 9 heteroatoms. The zero-order valence-corrected chi connectivity index (χ0v) is 15.9. The van der Waals surface area contributed by atoms with Gasteiger partial charge in [-0.05, 0) is 31.7 Å². The summed E-state index contributed by atoms with van der Waals surface area (Å²) >= 11 is 5.73. The fraction of sp³-hybridized carbons (Fsp3) is 0.556. The van der Waals surface area contributed by atoms with Crippen molar-refractivity contribution in [3.8, 4) is 0 Å². The number of nitrogens with one attached hydrogen (secondary N) is 2. The van der Waals surface area contributed by atoms with Crippen LogP contribution in [0.25, 0.3) is 0 Å². The van der Waals surface area contributed by atoms with Crippen molar-refractivity contribution in [2.24, 2.45) is 5.92 Å². The van der Waals surface area contributed by atoms with Crippen molar-refractivity contribution < 1.29 is 23.1 Å². The Kier molecular flexibility index (Phi) is 5.86. The average molecular weight is 402 g/mol. The van der Waals surface area contributed by atoms with Crippen LogP contribution < -0.4 is 10.6 Å². The van der Waals surface area contributed by atoms with Gasteiger partial charge in [0, 0.05) is 25.8 Å². The quantitative estimate of drug-likeness (QED) is 0.762. The first-order valence-electron chi connectivity index (χ1n) is 8.84. The highest BCUT2D eigenvalue weighted by molar-refractivity contribution is 6.31. The summed E-state index contributed by atoms with van der Waals surface area (Å²) in [6.45, 7) is 2.33. The largest absolute Gasteiger partial charge is 0.381 e. The van der Waals surface area contributed by atoms with Gasteiger partial charge in [0.05, 0.1) is 12.1 Å². The third-order valence-corrected chi connectivity index (χ3v) is 5.72. The summed E-state index contributed by atoms with van der Waals surface area (Å²) in [6.07, 6.45) is 1.30. The van der Waals surface area contributed by atoms with Crippen LogP contribution in [-0.2, 0) is 9.53 Å². The first kappa shape index (κ1) is 19.8. The summed E-state index contributed by atoms with van der Waals surface area (Å²) in [6, 6.07) is 0.591. The Morgan fingerprint density at radius 3 is 2.78 bits per heavy atom. The van der Waals surface area contributed by atoms with E-state index in [0.29, 0.717) is 25.9 Å². The van der Waals surface area contributed by atoms with Crippen LogP contribution in [-0.4, -0.2) is 49.2 Å². The van der Waals surface area contributed by atoms with Gasteiger partial charge in [0.25, 0.3) is 0 Å². The van der Waals surface area contributed by atoms with Crippen molar-refractivity contribution in [2.75, 3.05) is 20.2 Å². The second-order valence-electron chi connectivity index (χ2n) is 6.94. The van der Waals surface area contributed by atoms with Crippen molar-refractivity contribution in [2.45, 2.75) is 38.0 Å². The highest BCUT2D eigenvalue weighted by Gasteiger charge is 2.40. The number of hydrogen-bond donors (Lipinski definition) is 2. The molecule has 1 saturated heterocycles. The van der Waals surface area contributed by atoms with Crippen LogP contribution in [0.4, 0.5) is 13.6 Å². The number of benzene rings is 1. The smallest absolute Gasteiger partial charge is 0.318 e. The fourth-order valence-corrected chi connectivity index (χ4v) is 3.75. The minimum absolute atomic E-state index is 0.0353. The summed E-state index contributed by atoms with van der Waals surface area (Å²) in [4.78, 5) is 26.0. The van der Waals surface area contributed by atoms with E-state index in [1.165, 1.54) is 11.0 Å². The van der Waals surface area contributed by atoms with E-state index in [9.17, 15) is 18.4 Å². The van der Waals surface area contributed by atoms with E-state index >= 15 is 0 Å². The molecular formula is C18H22ClF2N3O3. The number of ether oxygens (including phenoxy) is 1. The van der Waals surface area contributed by atoms with E-state index in [-0.39, 0.29) is 23.5 Å². The van der Waals surface area contributed by atoms with Gasteiger partial charge in [-0.1, -0.05) is 17.7 Å². The number of hydrogen-bond acceptors (Lipinski definition) is 3. The van der Waals surface area contributed by atoms with Gasteiger partial charge in [0.1, 0.15) is 22.7 Å². The van der Waals surface area contributed by atoms with Gasteiger partial charge in [-0.25, -0.2) is 13.6 Å². The average Bonchev–Trinajstić information content (AvgIpc) is 2.60. The normalized spacial score (nSPS) is 26.2. The number of rotatable bonds is 4. The summed E-state index contributed by atoms with van der Waals surface area (Å²) in [5, 5.41) is 4.91. The third kappa shape index (κ3) is 3.87. The van der Waals surface area contributed by atoms with E-state index in [0.717, 1.165) is 6.07 Å². The molecule has 0 radical (unpaired) electrons. The lowest BCUT2D eigenvalue weighted by Crippen LogP contribution is -2.59.